The van der Waals surface area contributed by atoms with Gasteiger partial charge >= 0.3 is 0 Å². The van der Waals surface area contributed by atoms with E-state index in [1.807, 2.05) is 25.7 Å². The van der Waals surface area contributed by atoms with Gasteiger partial charge in [0.2, 0.25) is 0 Å². The van der Waals surface area contributed by atoms with E-state index in [0.717, 1.165) is 25.9 Å². The second-order valence-corrected chi connectivity index (χ2v) is 4.64. The lowest BCUT2D eigenvalue weighted by molar-refractivity contribution is -0.144. The second-order valence-electron chi connectivity index (χ2n) is 4.64. The lowest BCUT2D eigenvalue weighted by Crippen LogP contribution is -2.48. The van der Waals surface area contributed by atoms with Crippen molar-refractivity contribution < 1.29 is 9.53 Å². The van der Waals surface area contributed by atoms with Gasteiger partial charge in [0.05, 0.1) is 0 Å². The van der Waals surface area contributed by atoms with Gasteiger partial charge in [0, 0.05) is 25.7 Å². The maximum atomic E-state index is 12.0. The Morgan fingerprint density at radius 1 is 1.56 bits per heavy atom. The van der Waals surface area contributed by atoms with Crippen LogP contribution in [0.4, 0.5) is 0 Å². The molecular formula is C12H24N2O2. The number of likely N-dealkylation sites (tertiary alicyclic amines) is 1. The molecule has 4 heteroatoms. The maximum absolute atomic E-state index is 12.0. The molecule has 0 spiro atoms. The van der Waals surface area contributed by atoms with E-state index in [4.69, 9.17) is 10.5 Å². The molecule has 3 atom stereocenters. The number of hydrogen-bond acceptors (Lipinski definition) is 3. The minimum atomic E-state index is -0.322. The van der Waals surface area contributed by atoms with E-state index in [0.29, 0.717) is 12.5 Å². The third-order valence-corrected chi connectivity index (χ3v) is 3.28. The van der Waals surface area contributed by atoms with E-state index in [1.165, 1.54) is 0 Å². The zero-order chi connectivity index (χ0) is 12.1. The van der Waals surface area contributed by atoms with Crippen molar-refractivity contribution in [1.29, 1.82) is 0 Å². The van der Waals surface area contributed by atoms with Crippen LogP contribution in [-0.4, -0.2) is 42.6 Å². The number of ether oxygens (including phenoxy) is 1. The molecule has 0 aromatic rings. The monoisotopic (exact) mass is 228 g/mol. The van der Waals surface area contributed by atoms with Crippen LogP contribution in [0.25, 0.3) is 0 Å². The van der Waals surface area contributed by atoms with Gasteiger partial charge in [-0.3, -0.25) is 4.79 Å². The Kier molecular flexibility index (Phi) is 5.22. The van der Waals surface area contributed by atoms with Crippen LogP contribution >= 0.6 is 0 Å². The third kappa shape index (κ3) is 3.46. The predicted octanol–water partition coefficient (Wildman–Crippen LogP) is 0.997. The Labute approximate surface area is 98.1 Å². The summed E-state index contributed by atoms with van der Waals surface area (Å²) in [7, 11) is 0. The lowest BCUT2D eigenvalue weighted by atomic mass is 9.92. The zero-order valence-electron chi connectivity index (χ0n) is 10.6. The summed E-state index contributed by atoms with van der Waals surface area (Å²) in [6.07, 6.45) is 1.86. The largest absolute Gasteiger partial charge is 0.369 e. The van der Waals surface area contributed by atoms with Crippen molar-refractivity contribution in [2.75, 3.05) is 19.7 Å². The van der Waals surface area contributed by atoms with Crippen molar-refractivity contribution in [3.63, 3.8) is 0 Å². The minimum Gasteiger partial charge on any atom is -0.369 e. The molecule has 0 aromatic heterocycles. The van der Waals surface area contributed by atoms with Crippen LogP contribution in [0.3, 0.4) is 0 Å². The SMILES string of the molecule is CCO[C@H](C)C(=O)N1CCC[C@@H]([C@@H](C)N)C1. The van der Waals surface area contributed by atoms with Gasteiger partial charge in [0.25, 0.3) is 5.91 Å². The number of nitrogens with two attached hydrogens (primary N) is 1. The van der Waals surface area contributed by atoms with E-state index < -0.39 is 0 Å². The highest BCUT2D eigenvalue weighted by Crippen LogP contribution is 2.19. The molecule has 1 amide bonds. The number of piperidine rings is 1. The summed E-state index contributed by atoms with van der Waals surface area (Å²) in [6, 6.07) is 0.165. The van der Waals surface area contributed by atoms with Crippen LogP contribution in [0.5, 0.6) is 0 Å². The number of carbonyl (C=O) groups is 1. The lowest BCUT2D eigenvalue weighted by Gasteiger charge is -2.35. The normalized spacial score (nSPS) is 25.2. The molecule has 1 rings (SSSR count). The quantitative estimate of drug-likeness (QED) is 0.781. The van der Waals surface area contributed by atoms with Crippen LogP contribution in [-0.2, 0) is 9.53 Å². The highest BCUT2D eigenvalue weighted by molar-refractivity contribution is 5.80. The first-order valence-electron chi connectivity index (χ1n) is 6.22. The molecule has 1 saturated heterocycles. The number of rotatable bonds is 4. The standard InChI is InChI=1S/C12H24N2O2/c1-4-16-10(3)12(15)14-7-5-6-11(8-14)9(2)13/h9-11H,4-8,13H2,1-3H3/t9-,10-,11-/m1/s1. The van der Waals surface area contributed by atoms with Gasteiger partial charge < -0.3 is 15.4 Å². The first-order valence-corrected chi connectivity index (χ1v) is 6.22. The van der Waals surface area contributed by atoms with Gasteiger partial charge in [0.1, 0.15) is 6.10 Å². The summed E-state index contributed by atoms with van der Waals surface area (Å²) in [5, 5.41) is 0. The summed E-state index contributed by atoms with van der Waals surface area (Å²) in [5.74, 6) is 0.540. The van der Waals surface area contributed by atoms with Crippen LogP contribution in [0.1, 0.15) is 33.6 Å². The third-order valence-electron chi connectivity index (χ3n) is 3.28. The fraction of sp³-hybridized carbons (Fsp3) is 0.917. The fourth-order valence-corrected chi connectivity index (χ4v) is 2.22. The molecule has 0 aliphatic carbocycles. The van der Waals surface area contributed by atoms with Crippen molar-refractivity contribution in [2.24, 2.45) is 11.7 Å². The van der Waals surface area contributed by atoms with Crippen LogP contribution in [0, 0.1) is 5.92 Å². The minimum absolute atomic E-state index is 0.104. The molecule has 1 aliphatic heterocycles. The van der Waals surface area contributed by atoms with Crippen LogP contribution in [0.2, 0.25) is 0 Å². The molecule has 4 nitrogen and oxygen atoms in total. The zero-order valence-corrected chi connectivity index (χ0v) is 10.6. The van der Waals surface area contributed by atoms with Gasteiger partial charge in [-0.05, 0) is 39.5 Å². The van der Waals surface area contributed by atoms with Gasteiger partial charge in [-0.2, -0.15) is 0 Å². The molecule has 1 heterocycles. The van der Waals surface area contributed by atoms with Gasteiger partial charge in [-0.1, -0.05) is 0 Å². The van der Waals surface area contributed by atoms with Crippen LogP contribution < -0.4 is 5.73 Å². The Bertz CT molecular complexity index is 231. The molecule has 0 saturated carbocycles. The summed E-state index contributed by atoms with van der Waals surface area (Å²) in [6.45, 7) is 7.96. The van der Waals surface area contributed by atoms with E-state index in [2.05, 4.69) is 0 Å². The maximum Gasteiger partial charge on any atom is 0.251 e. The molecule has 1 fully saturated rings. The van der Waals surface area contributed by atoms with Crippen molar-refractivity contribution >= 4 is 5.91 Å². The number of hydrogen-bond donors (Lipinski definition) is 1. The smallest absolute Gasteiger partial charge is 0.251 e. The van der Waals surface area contributed by atoms with E-state index in [-0.39, 0.29) is 18.1 Å². The summed E-state index contributed by atoms with van der Waals surface area (Å²) >= 11 is 0. The number of amides is 1. The van der Waals surface area contributed by atoms with Gasteiger partial charge in [0.15, 0.2) is 0 Å². The van der Waals surface area contributed by atoms with Crippen molar-refractivity contribution in [1.82, 2.24) is 4.90 Å². The Morgan fingerprint density at radius 2 is 2.25 bits per heavy atom. The van der Waals surface area contributed by atoms with E-state index in [9.17, 15) is 4.79 Å². The Balaban J connectivity index is 2.49. The number of nitrogens with zero attached hydrogens (tertiary/aromatic N) is 1. The molecule has 2 N–H and O–H groups in total. The molecule has 0 bridgehead atoms. The Hall–Kier alpha value is -0.610. The summed E-state index contributed by atoms with van der Waals surface area (Å²) in [4.78, 5) is 13.9. The average molecular weight is 228 g/mol. The first-order chi connectivity index (χ1) is 7.56. The highest BCUT2D eigenvalue weighted by atomic mass is 16.5. The molecule has 0 aromatic carbocycles. The molecule has 1 aliphatic rings. The van der Waals surface area contributed by atoms with E-state index in [1.54, 1.807) is 0 Å². The Morgan fingerprint density at radius 3 is 2.81 bits per heavy atom. The van der Waals surface area contributed by atoms with Crippen LogP contribution in [0.15, 0.2) is 0 Å². The van der Waals surface area contributed by atoms with Crippen molar-refractivity contribution in [3.05, 3.63) is 0 Å². The van der Waals surface area contributed by atoms with E-state index >= 15 is 0 Å². The molecule has 0 unspecified atom stereocenters. The predicted molar refractivity (Wildman–Crippen MR) is 64.0 cm³/mol. The van der Waals surface area contributed by atoms with Gasteiger partial charge in [-0.15, -0.1) is 0 Å². The van der Waals surface area contributed by atoms with Crippen molar-refractivity contribution in [2.45, 2.75) is 45.8 Å². The second kappa shape index (κ2) is 6.21. The van der Waals surface area contributed by atoms with Crippen molar-refractivity contribution in [3.8, 4) is 0 Å². The summed E-state index contributed by atoms with van der Waals surface area (Å²) < 4.78 is 5.33. The topological polar surface area (TPSA) is 55.6 Å². The fourth-order valence-electron chi connectivity index (χ4n) is 2.22. The average Bonchev–Trinajstić information content (AvgIpc) is 2.28. The molecule has 0 radical (unpaired) electrons. The molecule has 94 valence electrons. The summed E-state index contributed by atoms with van der Waals surface area (Å²) in [5.41, 5.74) is 5.90. The highest BCUT2D eigenvalue weighted by Gasteiger charge is 2.28. The van der Waals surface area contributed by atoms with Gasteiger partial charge in [-0.25, -0.2) is 0 Å². The first kappa shape index (κ1) is 13.5. The molecular weight excluding hydrogens is 204 g/mol. The number of carbonyl (C=O) groups excluding carboxylic acids is 1. The molecule has 16 heavy (non-hydrogen) atoms.